The van der Waals surface area contributed by atoms with Gasteiger partial charge in [0, 0.05) is 12.2 Å². The number of hydrogen-bond donors (Lipinski definition) is 1. The van der Waals surface area contributed by atoms with Crippen molar-refractivity contribution in [1.82, 2.24) is 5.32 Å². The standard InChI is InChI=1S/C10H13N/c1-2-8-7-11-10-6-4-3-5-9(8)10/h3-4,6,11H,2,5,7H2,1H3. The molecule has 0 bridgehead atoms. The minimum absolute atomic E-state index is 1.07. The van der Waals surface area contributed by atoms with Crippen molar-refractivity contribution in [1.29, 1.82) is 0 Å². The van der Waals surface area contributed by atoms with E-state index in [1.54, 1.807) is 5.57 Å². The van der Waals surface area contributed by atoms with Crippen LogP contribution in [0, 0.1) is 0 Å². The van der Waals surface area contributed by atoms with Crippen LogP contribution in [0.25, 0.3) is 0 Å². The van der Waals surface area contributed by atoms with Crippen molar-refractivity contribution in [3.8, 4) is 0 Å². The molecule has 0 amide bonds. The second-order valence-corrected chi connectivity index (χ2v) is 3.00. The summed E-state index contributed by atoms with van der Waals surface area (Å²) in [5.74, 6) is 0. The first-order chi connectivity index (χ1) is 5.42. The quantitative estimate of drug-likeness (QED) is 0.599. The average Bonchev–Trinajstić information content (AvgIpc) is 2.47. The maximum atomic E-state index is 3.40. The molecule has 0 spiro atoms. The van der Waals surface area contributed by atoms with Crippen LogP contribution in [0.15, 0.2) is 35.1 Å². The van der Waals surface area contributed by atoms with Gasteiger partial charge in [-0.05, 0) is 30.1 Å². The molecule has 58 valence electrons. The molecule has 1 heteroatoms. The van der Waals surface area contributed by atoms with Crippen LogP contribution in [0.5, 0.6) is 0 Å². The Balaban J connectivity index is 2.35. The van der Waals surface area contributed by atoms with Crippen LogP contribution in [0.3, 0.4) is 0 Å². The molecule has 0 saturated heterocycles. The van der Waals surface area contributed by atoms with Gasteiger partial charge in [0.15, 0.2) is 0 Å². The van der Waals surface area contributed by atoms with Gasteiger partial charge >= 0.3 is 0 Å². The van der Waals surface area contributed by atoms with Crippen LogP contribution in [-0.2, 0) is 0 Å². The third-order valence-electron chi connectivity index (χ3n) is 2.39. The van der Waals surface area contributed by atoms with Crippen molar-refractivity contribution in [2.24, 2.45) is 0 Å². The van der Waals surface area contributed by atoms with E-state index in [4.69, 9.17) is 0 Å². The first kappa shape index (κ1) is 6.71. The minimum atomic E-state index is 1.07. The fourth-order valence-corrected chi connectivity index (χ4v) is 1.71. The number of allylic oxidation sites excluding steroid dienone is 4. The van der Waals surface area contributed by atoms with Crippen molar-refractivity contribution in [3.05, 3.63) is 35.1 Å². The Labute approximate surface area is 67.5 Å². The van der Waals surface area contributed by atoms with E-state index in [1.165, 1.54) is 17.7 Å². The molecule has 2 aliphatic rings. The molecule has 0 unspecified atom stereocenters. The molecule has 0 aromatic rings. The van der Waals surface area contributed by atoms with E-state index in [0.717, 1.165) is 13.0 Å². The van der Waals surface area contributed by atoms with E-state index in [-0.39, 0.29) is 0 Å². The molecular formula is C10H13N. The lowest BCUT2D eigenvalue weighted by Crippen LogP contribution is -2.07. The first-order valence-electron chi connectivity index (χ1n) is 4.23. The summed E-state index contributed by atoms with van der Waals surface area (Å²) < 4.78 is 0. The van der Waals surface area contributed by atoms with E-state index < -0.39 is 0 Å². The summed E-state index contributed by atoms with van der Waals surface area (Å²) in [6, 6.07) is 0. The van der Waals surface area contributed by atoms with Crippen LogP contribution in [0.1, 0.15) is 19.8 Å². The van der Waals surface area contributed by atoms with Crippen molar-refractivity contribution in [2.75, 3.05) is 6.54 Å². The molecule has 0 fully saturated rings. The van der Waals surface area contributed by atoms with Gasteiger partial charge in [0.1, 0.15) is 0 Å². The Morgan fingerprint density at radius 2 is 2.45 bits per heavy atom. The summed E-state index contributed by atoms with van der Waals surface area (Å²) in [5, 5.41) is 3.40. The summed E-state index contributed by atoms with van der Waals surface area (Å²) in [6.07, 6.45) is 8.84. The van der Waals surface area contributed by atoms with Gasteiger partial charge in [-0.1, -0.05) is 19.1 Å². The third kappa shape index (κ3) is 1.01. The monoisotopic (exact) mass is 147 g/mol. The van der Waals surface area contributed by atoms with Crippen molar-refractivity contribution < 1.29 is 0 Å². The van der Waals surface area contributed by atoms with Gasteiger partial charge in [-0.25, -0.2) is 0 Å². The first-order valence-corrected chi connectivity index (χ1v) is 4.23. The summed E-state index contributed by atoms with van der Waals surface area (Å²) >= 11 is 0. The van der Waals surface area contributed by atoms with Crippen LogP contribution >= 0.6 is 0 Å². The van der Waals surface area contributed by atoms with Crippen molar-refractivity contribution in [3.63, 3.8) is 0 Å². The zero-order chi connectivity index (χ0) is 7.68. The van der Waals surface area contributed by atoms with E-state index in [1.807, 2.05) is 0 Å². The van der Waals surface area contributed by atoms with Gasteiger partial charge in [0.2, 0.25) is 0 Å². The highest BCUT2D eigenvalue weighted by atomic mass is 14.9. The van der Waals surface area contributed by atoms with Gasteiger partial charge in [-0.15, -0.1) is 0 Å². The summed E-state index contributed by atoms with van der Waals surface area (Å²) in [4.78, 5) is 0. The SMILES string of the molecule is CCC1=C2CC=CC=C2NC1. The summed E-state index contributed by atoms with van der Waals surface area (Å²) in [6.45, 7) is 3.30. The topological polar surface area (TPSA) is 12.0 Å². The largest absolute Gasteiger partial charge is 0.381 e. The molecular weight excluding hydrogens is 134 g/mol. The second-order valence-electron chi connectivity index (χ2n) is 3.00. The van der Waals surface area contributed by atoms with Gasteiger partial charge in [0.05, 0.1) is 0 Å². The summed E-state index contributed by atoms with van der Waals surface area (Å²) in [5.41, 5.74) is 4.47. The number of rotatable bonds is 1. The zero-order valence-electron chi connectivity index (χ0n) is 6.85. The van der Waals surface area contributed by atoms with Gasteiger partial charge in [-0.3, -0.25) is 0 Å². The number of nitrogens with one attached hydrogen (secondary N) is 1. The molecule has 1 aliphatic carbocycles. The molecule has 1 aliphatic heterocycles. The number of fused-ring (bicyclic) bond motifs is 1. The molecule has 0 atom stereocenters. The Morgan fingerprint density at radius 1 is 1.55 bits per heavy atom. The van der Waals surface area contributed by atoms with Gasteiger partial charge in [-0.2, -0.15) is 0 Å². The molecule has 1 heterocycles. The van der Waals surface area contributed by atoms with Gasteiger partial charge in [0.25, 0.3) is 0 Å². The van der Waals surface area contributed by atoms with Crippen molar-refractivity contribution in [2.45, 2.75) is 19.8 Å². The molecule has 0 aromatic heterocycles. The average molecular weight is 147 g/mol. The highest BCUT2D eigenvalue weighted by Crippen LogP contribution is 2.27. The molecule has 1 nitrogen and oxygen atoms in total. The van der Waals surface area contributed by atoms with Crippen LogP contribution in [0.4, 0.5) is 0 Å². The highest BCUT2D eigenvalue weighted by molar-refractivity contribution is 5.45. The fraction of sp³-hybridized carbons (Fsp3) is 0.400. The van der Waals surface area contributed by atoms with Crippen LogP contribution in [0.2, 0.25) is 0 Å². The number of hydrogen-bond acceptors (Lipinski definition) is 1. The molecule has 2 rings (SSSR count). The predicted molar refractivity (Wildman–Crippen MR) is 47.2 cm³/mol. The molecule has 0 radical (unpaired) electrons. The Hall–Kier alpha value is -0.980. The molecule has 0 saturated carbocycles. The maximum Gasteiger partial charge on any atom is 0.0378 e. The van der Waals surface area contributed by atoms with Crippen LogP contribution in [-0.4, -0.2) is 6.54 Å². The Kier molecular flexibility index (Phi) is 1.57. The maximum absolute atomic E-state index is 3.40. The minimum Gasteiger partial charge on any atom is -0.381 e. The lowest BCUT2D eigenvalue weighted by molar-refractivity contribution is 0.914. The molecule has 0 aromatic carbocycles. The molecule has 11 heavy (non-hydrogen) atoms. The molecule has 1 N–H and O–H groups in total. The smallest absolute Gasteiger partial charge is 0.0378 e. The summed E-state index contributed by atoms with van der Waals surface area (Å²) in [7, 11) is 0. The van der Waals surface area contributed by atoms with E-state index in [0.29, 0.717) is 0 Å². The predicted octanol–water partition coefficient (Wildman–Crippen LogP) is 2.14. The van der Waals surface area contributed by atoms with Gasteiger partial charge < -0.3 is 5.32 Å². The van der Waals surface area contributed by atoms with E-state index >= 15 is 0 Å². The normalized spacial score (nSPS) is 21.4. The fourth-order valence-electron chi connectivity index (χ4n) is 1.71. The second kappa shape index (κ2) is 2.57. The Morgan fingerprint density at radius 3 is 3.27 bits per heavy atom. The Bertz CT molecular complexity index is 256. The lowest BCUT2D eigenvalue weighted by Gasteiger charge is -2.06. The highest BCUT2D eigenvalue weighted by Gasteiger charge is 2.17. The van der Waals surface area contributed by atoms with Crippen LogP contribution < -0.4 is 5.32 Å². The van der Waals surface area contributed by atoms with E-state index in [2.05, 4.69) is 30.5 Å². The third-order valence-corrected chi connectivity index (χ3v) is 2.39. The van der Waals surface area contributed by atoms with E-state index in [9.17, 15) is 0 Å². The lowest BCUT2D eigenvalue weighted by atomic mass is 10.0. The van der Waals surface area contributed by atoms with Crippen molar-refractivity contribution >= 4 is 0 Å². The zero-order valence-corrected chi connectivity index (χ0v) is 6.85.